The molecule has 0 aromatic heterocycles. The van der Waals surface area contributed by atoms with Gasteiger partial charge in [0, 0.05) is 25.6 Å². The van der Waals surface area contributed by atoms with Gasteiger partial charge in [-0.05, 0) is 18.4 Å². The molecule has 1 atom stereocenters. The van der Waals surface area contributed by atoms with E-state index in [0.717, 1.165) is 5.56 Å². The predicted octanol–water partition coefficient (Wildman–Crippen LogP) is 3.04. The lowest BCUT2D eigenvalue weighted by Crippen LogP contribution is -2.22. The third-order valence-electron chi connectivity index (χ3n) is 3.41. The second kappa shape index (κ2) is 5.17. The molecule has 0 saturated carbocycles. The van der Waals surface area contributed by atoms with E-state index in [9.17, 15) is 9.90 Å². The number of aliphatic hydroxyl groups is 1. The van der Waals surface area contributed by atoms with Crippen molar-refractivity contribution < 1.29 is 9.90 Å². The first kappa shape index (κ1) is 12.6. The quantitative estimate of drug-likeness (QED) is 0.812. The maximum Gasteiger partial charge on any atom is 0.168 e. The molecule has 0 fully saturated rings. The molecule has 0 bridgehead atoms. The van der Waals surface area contributed by atoms with E-state index in [1.54, 1.807) is 14.0 Å². The van der Waals surface area contributed by atoms with Gasteiger partial charge >= 0.3 is 0 Å². The molecule has 1 aromatic carbocycles. The van der Waals surface area contributed by atoms with Gasteiger partial charge in [-0.1, -0.05) is 30.3 Å². The van der Waals surface area contributed by atoms with Crippen LogP contribution in [0.2, 0.25) is 0 Å². The van der Waals surface area contributed by atoms with Gasteiger partial charge in [0.15, 0.2) is 5.78 Å². The van der Waals surface area contributed by atoms with Gasteiger partial charge in [-0.2, -0.15) is 0 Å². The van der Waals surface area contributed by atoms with E-state index < -0.39 is 0 Å². The Morgan fingerprint density at radius 1 is 1.28 bits per heavy atom. The summed E-state index contributed by atoms with van der Waals surface area (Å²) < 4.78 is 0. The zero-order valence-electron chi connectivity index (χ0n) is 10.7. The lowest BCUT2D eigenvalue weighted by molar-refractivity contribution is -0.116. The van der Waals surface area contributed by atoms with Crippen LogP contribution in [0.4, 0.5) is 0 Å². The van der Waals surface area contributed by atoms with E-state index in [4.69, 9.17) is 0 Å². The van der Waals surface area contributed by atoms with Gasteiger partial charge in [-0.3, -0.25) is 9.79 Å². The van der Waals surface area contributed by atoms with Crippen LogP contribution >= 0.6 is 0 Å². The summed E-state index contributed by atoms with van der Waals surface area (Å²) in [5.41, 5.74) is 2.12. The van der Waals surface area contributed by atoms with E-state index in [1.807, 2.05) is 30.3 Å². The SMILES string of the molecule is CN=C(C)C1=C(O)CC(c2ccccc2)CC1=O. The predicted molar refractivity (Wildman–Crippen MR) is 72.1 cm³/mol. The normalized spacial score (nSPS) is 21.3. The zero-order chi connectivity index (χ0) is 13.1. The number of aliphatic hydroxyl groups excluding tert-OH is 1. The smallest absolute Gasteiger partial charge is 0.168 e. The minimum absolute atomic E-state index is 0.0179. The fourth-order valence-corrected chi connectivity index (χ4v) is 2.38. The summed E-state index contributed by atoms with van der Waals surface area (Å²) in [6.45, 7) is 1.76. The largest absolute Gasteiger partial charge is 0.511 e. The maximum atomic E-state index is 12.1. The third-order valence-corrected chi connectivity index (χ3v) is 3.41. The number of benzene rings is 1. The lowest BCUT2D eigenvalue weighted by atomic mass is 9.81. The fourth-order valence-electron chi connectivity index (χ4n) is 2.38. The molecular weight excluding hydrogens is 226 g/mol. The molecule has 1 aromatic rings. The Labute approximate surface area is 107 Å². The second-order valence-electron chi connectivity index (χ2n) is 4.57. The number of carbonyl (C=O) groups excluding carboxylic acids is 1. The third kappa shape index (κ3) is 2.35. The summed E-state index contributed by atoms with van der Waals surface area (Å²) in [7, 11) is 1.63. The maximum absolute atomic E-state index is 12.1. The molecule has 0 heterocycles. The number of ketones is 1. The van der Waals surface area contributed by atoms with Crippen molar-refractivity contribution in [3.8, 4) is 0 Å². The molecule has 0 aliphatic heterocycles. The van der Waals surface area contributed by atoms with Crippen LogP contribution in [-0.4, -0.2) is 23.6 Å². The molecule has 0 amide bonds. The van der Waals surface area contributed by atoms with Crippen LogP contribution in [0, 0.1) is 0 Å². The van der Waals surface area contributed by atoms with Gasteiger partial charge in [0.2, 0.25) is 0 Å². The minimum atomic E-state index is -0.0179. The Morgan fingerprint density at radius 2 is 1.94 bits per heavy atom. The Balaban J connectivity index is 2.31. The molecule has 3 nitrogen and oxygen atoms in total. The minimum Gasteiger partial charge on any atom is -0.511 e. The zero-order valence-corrected chi connectivity index (χ0v) is 10.7. The van der Waals surface area contributed by atoms with Crippen molar-refractivity contribution >= 4 is 11.5 Å². The van der Waals surface area contributed by atoms with E-state index in [1.165, 1.54) is 0 Å². The summed E-state index contributed by atoms with van der Waals surface area (Å²) in [5, 5.41) is 10.1. The molecule has 1 N–H and O–H groups in total. The van der Waals surface area contributed by atoms with Crippen molar-refractivity contribution in [1.29, 1.82) is 0 Å². The molecule has 1 unspecified atom stereocenters. The van der Waals surface area contributed by atoms with Crippen LogP contribution in [0.25, 0.3) is 0 Å². The fraction of sp³-hybridized carbons (Fsp3) is 0.333. The molecule has 3 heteroatoms. The number of carbonyl (C=O) groups is 1. The van der Waals surface area contributed by atoms with Gasteiger partial charge in [0.1, 0.15) is 5.76 Å². The van der Waals surface area contributed by atoms with Crippen LogP contribution in [0.5, 0.6) is 0 Å². The topological polar surface area (TPSA) is 49.7 Å². The van der Waals surface area contributed by atoms with Crippen LogP contribution in [0.3, 0.4) is 0 Å². The van der Waals surface area contributed by atoms with E-state index in [-0.39, 0.29) is 17.5 Å². The van der Waals surface area contributed by atoms with Crippen LogP contribution in [-0.2, 0) is 4.79 Å². The van der Waals surface area contributed by atoms with Crippen molar-refractivity contribution in [2.45, 2.75) is 25.7 Å². The standard InChI is InChI=1S/C15H17NO2/c1-10(16-2)15-13(17)8-12(9-14(15)18)11-6-4-3-5-7-11/h3-7,12,17H,8-9H2,1-2H3. The number of hydrogen-bond acceptors (Lipinski definition) is 3. The highest BCUT2D eigenvalue weighted by atomic mass is 16.3. The number of allylic oxidation sites excluding steroid dienone is 2. The molecule has 18 heavy (non-hydrogen) atoms. The van der Waals surface area contributed by atoms with Crippen molar-refractivity contribution in [1.82, 2.24) is 0 Å². The highest BCUT2D eigenvalue weighted by Crippen LogP contribution is 2.33. The van der Waals surface area contributed by atoms with E-state index in [0.29, 0.717) is 24.1 Å². The first-order valence-electron chi connectivity index (χ1n) is 6.07. The van der Waals surface area contributed by atoms with Gasteiger partial charge in [0.25, 0.3) is 0 Å². The summed E-state index contributed by atoms with van der Waals surface area (Å²) >= 11 is 0. The lowest BCUT2D eigenvalue weighted by Gasteiger charge is -2.23. The van der Waals surface area contributed by atoms with Crippen molar-refractivity contribution in [3.63, 3.8) is 0 Å². The molecular formula is C15H17NO2. The number of nitrogens with zero attached hydrogens (tertiary/aromatic N) is 1. The molecule has 1 aliphatic carbocycles. The molecule has 1 aliphatic rings. The van der Waals surface area contributed by atoms with Gasteiger partial charge in [-0.15, -0.1) is 0 Å². The van der Waals surface area contributed by atoms with Crippen molar-refractivity contribution in [3.05, 3.63) is 47.2 Å². The second-order valence-corrected chi connectivity index (χ2v) is 4.57. The average Bonchev–Trinajstić information content (AvgIpc) is 2.38. The first-order valence-corrected chi connectivity index (χ1v) is 6.07. The highest BCUT2D eigenvalue weighted by molar-refractivity contribution is 6.22. The van der Waals surface area contributed by atoms with Gasteiger partial charge in [-0.25, -0.2) is 0 Å². The number of hydrogen-bond donors (Lipinski definition) is 1. The molecule has 2 rings (SSSR count). The van der Waals surface area contributed by atoms with Crippen molar-refractivity contribution in [2.75, 3.05) is 7.05 Å². The van der Waals surface area contributed by atoms with Gasteiger partial charge in [0.05, 0.1) is 5.57 Å². The molecule has 94 valence electrons. The van der Waals surface area contributed by atoms with Crippen molar-refractivity contribution in [2.24, 2.45) is 4.99 Å². The highest BCUT2D eigenvalue weighted by Gasteiger charge is 2.29. The number of aliphatic imine (C=N–C) groups is 1. The summed E-state index contributed by atoms with van der Waals surface area (Å²) in [5.74, 6) is 0.228. The summed E-state index contributed by atoms with van der Waals surface area (Å²) in [4.78, 5) is 16.1. The number of Topliss-reactive ketones (excluding diaryl/α,β-unsaturated/α-hetero) is 1. The average molecular weight is 243 g/mol. The van der Waals surface area contributed by atoms with E-state index in [2.05, 4.69) is 4.99 Å². The Hall–Kier alpha value is -1.90. The number of rotatable bonds is 2. The Morgan fingerprint density at radius 3 is 2.50 bits per heavy atom. The van der Waals surface area contributed by atoms with Crippen LogP contribution < -0.4 is 0 Å². The van der Waals surface area contributed by atoms with Crippen LogP contribution in [0.1, 0.15) is 31.2 Å². The summed E-state index contributed by atoms with van der Waals surface area (Å²) in [6, 6.07) is 9.85. The first-order chi connectivity index (χ1) is 8.63. The van der Waals surface area contributed by atoms with Gasteiger partial charge < -0.3 is 5.11 Å². The Bertz CT molecular complexity index is 515. The summed E-state index contributed by atoms with van der Waals surface area (Å²) in [6.07, 6.45) is 0.953. The van der Waals surface area contributed by atoms with E-state index >= 15 is 0 Å². The van der Waals surface area contributed by atoms with Crippen LogP contribution in [0.15, 0.2) is 46.7 Å². The molecule has 0 spiro atoms. The molecule has 0 saturated heterocycles. The monoisotopic (exact) mass is 243 g/mol. The molecule has 0 radical (unpaired) electrons. The Kier molecular flexibility index (Phi) is 3.60.